The molecule has 90 valence electrons. The number of aromatic nitrogens is 2. The molecule has 0 aliphatic carbocycles. The van der Waals surface area contributed by atoms with Gasteiger partial charge in [0.15, 0.2) is 0 Å². The molecule has 1 atom stereocenters. The van der Waals surface area contributed by atoms with Crippen molar-refractivity contribution in [2.45, 2.75) is 19.5 Å². The number of H-pyrrole nitrogens is 1. The minimum Gasteiger partial charge on any atom is -0.394 e. The Kier molecular flexibility index (Phi) is 3.90. The van der Waals surface area contributed by atoms with Crippen LogP contribution in [0.15, 0.2) is 36.5 Å². The minimum atomic E-state index is -0.0418. The molecule has 0 bridgehead atoms. The van der Waals surface area contributed by atoms with E-state index in [1.165, 1.54) is 0 Å². The molecule has 1 aromatic carbocycles. The fourth-order valence-electron chi connectivity index (χ4n) is 1.77. The van der Waals surface area contributed by atoms with Crippen LogP contribution in [0, 0.1) is 6.92 Å². The summed E-state index contributed by atoms with van der Waals surface area (Å²) < 4.78 is 0. The standard InChI is InChI=1S/C13H17N3O/c1-10-14-7-12(16-10)8-15-13(9-17)11-5-3-2-4-6-11/h2-7,13,15,17H,8-9H2,1H3,(H,14,16). The Balaban J connectivity index is 1.97. The van der Waals surface area contributed by atoms with Gasteiger partial charge in [-0.3, -0.25) is 0 Å². The van der Waals surface area contributed by atoms with Crippen LogP contribution in [-0.4, -0.2) is 21.7 Å². The number of aryl methyl sites for hydroxylation is 1. The molecule has 4 heteroatoms. The van der Waals surface area contributed by atoms with Crippen molar-refractivity contribution >= 4 is 0 Å². The van der Waals surface area contributed by atoms with Gasteiger partial charge < -0.3 is 15.4 Å². The van der Waals surface area contributed by atoms with Crippen LogP contribution in [0.1, 0.15) is 23.1 Å². The molecule has 0 aliphatic rings. The van der Waals surface area contributed by atoms with Gasteiger partial charge in [-0.15, -0.1) is 0 Å². The normalized spacial score (nSPS) is 12.6. The second-order valence-electron chi connectivity index (χ2n) is 4.02. The van der Waals surface area contributed by atoms with Gasteiger partial charge in [0.1, 0.15) is 5.82 Å². The smallest absolute Gasteiger partial charge is 0.103 e. The Hall–Kier alpha value is -1.65. The van der Waals surface area contributed by atoms with Gasteiger partial charge in [0, 0.05) is 18.4 Å². The average molecular weight is 231 g/mol. The molecule has 17 heavy (non-hydrogen) atoms. The van der Waals surface area contributed by atoms with Crippen LogP contribution >= 0.6 is 0 Å². The van der Waals surface area contributed by atoms with E-state index in [2.05, 4.69) is 15.3 Å². The first-order valence-electron chi connectivity index (χ1n) is 5.69. The Bertz CT molecular complexity index is 453. The summed E-state index contributed by atoms with van der Waals surface area (Å²) in [6.07, 6.45) is 1.81. The third kappa shape index (κ3) is 3.15. The Morgan fingerprint density at radius 2 is 2.12 bits per heavy atom. The molecule has 1 heterocycles. The number of rotatable bonds is 5. The van der Waals surface area contributed by atoms with Crippen molar-refractivity contribution in [3.63, 3.8) is 0 Å². The van der Waals surface area contributed by atoms with E-state index in [0.717, 1.165) is 17.1 Å². The van der Waals surface area contributed by atoms with Crippen molar-refractivity contribution in [2.75, 3.05) is 6.61 Å². The third-order valence-electron chi connectivity index (χ3n) is 2.68. The number of nitrogens with zero attached hydrogens (tertiary/aromatic N) is 1. The van der Waals surface area contributed by atoms with Crippen molar-refractivity contribution in [2.24, 2.45) is 0 Å². The van der Waals surface area contributed by atoms with Gasteiger partial charge >= 0.3 is 0 Å². The van der Waals surface area contributed by atoms with E-state index in [0.29, 0.717) is 6.54 Å². The maximum atomic E-state index is 9.37. The van der Waals surface area contributed by atoms with Gasteiger partial charge in [0.2, 0.25) is 0 Å². The zero-order valence-corrected chi connectivity index (χ0v) is 9.85. The number of imidazole rings is 1. The van der Waals surface area contributed by atoms with Crippen LogP contribution in [0.2, 0.25) is 0 Å². The highest BCUT2D eigenvalue weighted by atomic mass is 16.3. The molecule has 3 N–H and O–H groups in total. The maximum absolute atomic E-state index is 9.37. The summed E-state index contributed by atoms with van der Waals surface area (Å²) in [5.41, 5.74) is 2.11. The van der Waals surface area contributed by atoms with Crippen molar-refractivity contribution in [3.8, 4) is 0 Å². The van der Waals surface area contributed by atoms with Crippen molar-refractivity contribution < 1.29 is 5.11 Å². The van der Waals surface area contributed by atoms with Crippen molar-refractivity contribution in [3.05, 3.63) is 53.6 Å². The lowest BCUT2D eigenvalue weighted by atomic mass is 10.1. The van der Waals surface area contributed by atoms with Gasteiger partial charge in [-0.1, -0.05) is 30.3 Å². The van der Waals surface area contributed by atoms with Crippen LogP contribution < -0.4 is 5.32 Å². The van der Waals surface area contributed by atoms with Gasteiger partial charge in [-0.2, -0.15) is 0 Å². The number of aromatic amines is 1. The quantitative estimate of drug-likeness (QED) is 0.731. The summed E-state index contributed by atoms with van der Waals surface area (Å²) in [7, 11) is 0. The van der Waals surface area contributed by atoms with E-state index in [1.807, 2.05) is 43.5 Å². The lowest BCUT2D eigenvalue weighted by Gasteiger charge is -2.15. The zero-order chi connectivity index (χ0) is 12.1. The Labute approximate surface area is 101 Å². The molecule has 1 aromatic heterocycles. The first-order valence-corrected chi connectivity index (χ1v) is 5.69. The second kappa shape index (κ2) is 5.61. The van der Waals surface area contributed by atoms with E-state index in [-0.39, 0.29) is 12.6 Å². The molecule has 0 fully saturated rings. The number of hydrogen-bond acceptors (Lipinski definition) is 3. The number of benzene rings is 1. The first-order chi connectivity index (χ1) is 8.29. The SMILES string of the molecule is Cc1ncc(CNC(CO)c2ccccc2)[nH]1. The third-order valence-corrected chi connectivity index (χ3v) is 2.68. The topological polar surface area (TPSA) is 60.9 Å². The number of aliphatic hydroxyl groups is 1. The van der Waals surface area contributed by atoms with E-state index >= 15 is 0 Å². The summed E-state index contributed by atoms with van der Waals surface area (Å²) >= 11 is 0. The van der Waals surface area contributed by atoms with Gasteiger partial charge in [-0.05, 0) is 12.5 Å². The van der Waals surface area contributed by atoms with E-state index in [1.54, 1.807) is 0 Å². The summed E-state index contributed by atoms with van der Waals surface area (Å²) in [5.74, 6) is 0.905. The predicted molar refractivity (Wildman–Crippen MR) is 66.4 cm³/mol. The zero-order valence-electron chi connectivity index (χ0n) is 9.85. The van der Waals surface area contributed by atoms with Crippen LogP contribution in [-0.2, 0) is 6.54 Å². The highest BCUT2D eigenvalue weighted by Gasteiger charge is 2.09. The Morgan fingerprint density at radius 3 is 2.71 bits per heavy atom. The van der Waals surface area contributed by atoms with Crippen molar-refractivity contribution in [1.82, 2.24) is 15.3 Å². The maximum Gasteiger partial charge on any atom is 0.103 e. The molecule has 0 saturated heterocycles. The molecule has 0 radical (unpaired) electrons. The molecule has 4 nitrogen and oxygen atoms in total. The van der Waals surface area contributed by atoms with E-state index in [9.17, 15) is 5.11 Å². The Morgan fingerprint density at radius 1 is 1.35 bits per heavy atom. The number of hydrogen-bond donors (Lipinski definition) is 3. The molecule has 1 unspecified atom stereocenters. The average Bonchev–Trinajstić information content (AvgIpc) is 2.77. The molecule has 2 aromatic rings. The summed E-state index contributed by atoms with van der Waals surface area (Å²) in [5, 5.41) is 12.7. The molecule has 0 aliphatic heterocycles. The van der Waals surface area contributed by atoms with E-state index < -0.39 is 0 Å². The van der Waals surface area contributed by atoms with Crippen LogP contribution in [0.5, 0.6) is 0 Å². The molecule has 0 saturated carbocycles. The van der Waals surface area contributed by atoms with Gasteiger partial charge in [-0.25, -0.2) is 4.98 Å². The minimum absolute atomic E-state index is 0.0418. The van der Waals surface area contributed by atoms with Gasteiger partial charge in [0.05, 0.1) is 12.6 Å². The van der Waals surface area contributed by atoms with Crippen LogP contribution in [0.25, 0.3) is 0 Å². The monoisotopic (exact) mass is 231 g/mol. The highest BCUT2D eigenvalue weighted by Crippen LogP contribution is 2.12. The summed E-state index contributed by atoms with van der Waals surface area (Å²) in [4.78, 5) is 7.29. The van der Waals surface area contributed by atoms with Crippen LogP contribution in [0.4, 0.5) is 0 Å². The number of nitrogens with one attached hydrogen (secondary N) is 2. The van der Waals surface area contributed by atoms with Crippen molar-refractivity contribution in [1.29, 1.82) is 0 Å². The number of aliphatic hydroxyl groups excluding tert-OH is 1. The van der Waals surface area contributed by atoms with E-state index in [4.69, 9.17) is 0 Å². The lowest BCUT2D eigenvalue weighted by Crippen LogP contribution is -2.24. The summed E-state index contributed by atoms with van der Waals surface area (Å²) in [6.45, 7) is 2.67. The molecule has 0 spiro atoms. The molecular weight excluding hydrogens is 214 g/mol. The fraction of sp³-hybridized carbons (Fsp3) is 0.308. The first kappa shape index (κ1) is 11.8. The van der Waals surface area contributed by atoms with Crippen LogP contribution in [0.3, 0.4) is 0 Å². The predicted octanol–water partition coefficient (Wildman–Crippen LogP) is 1.54. The lowest BCUT2D eigenvalue weighted by molar-refractivity contribution is 0.243. The summed E-state index contributed by atoms with van der Waals surface area (Å²) in [6, 6.07) is 9.88. The molecule has 0 amide bonds. The van der Waals surface area contributed by atoms with Gasteiger partial charge in [0.25, 0.3) is 0 Å². The highest BCUT2D eigenvalue weighted by molar-refractivity contribution is 5.19. The largest absolute Gasteiger partial charge is 0.394 e. The fourth-order valence-corrected chi connectivity index (χ4v) is 1.77. The molecular formula is C13H17N3O. The molecule has 2 rings (SSSR count). The second-order valence-corrected chi connectivity index (χ2v) is 4.02.